The van der Waals surface area contributed by atoms with Crippen LogP contribution in [0.5, 0.6) is 0 Å². The van der Waals surface area contributed by atoms with E-state index in [0.717, 1.165) is 22.7 Å². The fourth-order valence-corrected chi connectivity index (χ4v) is 9.32. The molecule has 3 heteroatoms. The van der Waals surface area contributed by atoms with Crippen LogP contribution in [0.3, 0.4) is 0 Å². The molecular formula is C50H36N2S. The zero-order chi connectivity index (χ0) is 35.5. The number of fused-ring (bicyclic) bond motifs is 6. The topological polar surface area (TPSA) is 8.17 Å². The Morgan fingerprint density at radius 3 is 1.68 bits per heavy atom. The number of rotatable bonds is 6. The lowest BCUT2D eigenvalue weighted by atomic mass is 9.95. The van der Waals surface area contributed by atoms with Crippen LogP contribution in [0.1, 0.15) is 11.1 Å². The highest BCUT2D eigenvalue weighted by Gasteiger charge is 2.18. The summed E-state index contributed by atoms with van der Waals surface area (Å²) in [4.78, 5) is 2.39. The highest BCUT2D eigenvalue weighted by Crippen LogP contribution is 2.43. The minimum atomic E-state index is 1.11. The zero-order valence-corrected chi connectivity index (χ0v) is 30.4. The summed E-state index contributed by atoms with van der Waals surface area (Å²) < 4.78 is 5.04. The third-order valence-electron chi connectivity index (χ3n) is 10.7. The van der Waals surface area contributed by atoms with Crippen LogP contribution < -0.4 is 4.90 Å². The number of anilines is 3. The summed E-state index contributed by atoms with van der Waals surface area (Å²) in [7, 11) is 0. The van der Waals surface area contributed by atoms with Gasteiger partial charge in [-0.05, 0) is 114 Å². The average Bonchev–Trinajstić information content (AvgIpc) is 3.76. The van der Waals surface area contributed by atoms with Crippen molar-refractivity contribution in [1.29, 1.82) is 0 Å². The predicted molar refractivity (Wildman–Crippen MR) is 229 cm³/mol. The maximum Gasteiger partial charge on any atom is 0.0541 e. The molecule has 0 saturated heterocycles. The first-order valence-corrected chi connectivity index (χ1v) is 19.0. The summed E-state index contributed by atoms with van der Waals surface area (Å²) in [6, 6.07) is 66.5. The second kappa shape index (κ2) is 12.7. The van der Waals surface area contributed by atoms with Gasteiger partial charge >= 0.3 is 0 Å². The van der Waals surface area contributed by atoms with Crippen LogP contribution >= 0.6 is 11.3 Å². The lowest BCUT2D eigenvalue weighted by molar-refractivity contribution is 1.17. The lowest BCUT2D eigenvalue weighted by Crippen LogP contribution is -2.10. The normalized spacial score (nSPS) is 11.6. The Hall–Kier alpha value is -6.42. The van der Waals surface area contributed by atoms with Crippen LogP contribution in [-0.4, -0.2) is 4.57 Å². The summed E-state index contributed by atoms with van der Waals surface area (Å²) in [5, 5.41) is 5.18. The van der Waals surface area contributed by atoms with Crippen molar-refractivity contribution < 1.29 is 0 Å². The van der Waals surface area contributed by atoms with Gasteiger partial charge in [0.05, 0.1) is 11.0 Å². The van der Waals surface area contributed by atoms with Crippen molar-refractivity contribution in [3.63, 3.8) is 0 Å². The average molecular weight is 697 g/mol. The molecule has 2 nitrogen and oxygen atoms in total. The summed E-state index contributed by atoms with van der Waals surface area (Å²) in [5.41, 5.74) is 14.4. The van der Waals surface area contributed by atoms with Crippen LogP contribution in [0.2, 0.25) is 0 Å². The van der Waals surface area contributed by atoms with E-state index in [-0.39, 0.29) is 0 Å². The zero-order valence-electron chi connectivity index (χ0n) is 29.6. The number of para-hydroxylation sites is 2. The van der Waals surface area contributed by atoms with Crippen molar-refractivity contribution in [3.8, 4) is 27.9 Å². The van der Waals surface area contributed by atoms with Crippen molar-refractivity contribution in [2.45, 2.75) is 13.8 Å². The molecule has 8 aromatic carbocycles. The number of hydrogen-bond donors (Lipinski definition) is 0. The molecule has 0 unspecified atom stereocenters. The Morgan fingerprint density at radius 1 is 0.415 bits per heavy atom. The lowest BCUT2D eigenvalue weighted by Gasteiger charge is -2.27. The van der Waals surface area contributed by atoms with Gasteiger partial charge in [-0.15, -0.1) is 11.3 Å². The largest absolute Gasteiger partial charge is 0.310 e. The van der Waals surface area contributed by atoms with Gasteiger partial charge in [0, 0.05) is 53.7 Å². The number of aryl methyl sites for hydroxylation is 2. The molecule has 0 atom stereocenters. The third kappa shape index (κ3) is 5.24. The fraction of sp³-hybridized carbons (Fsp3) is 0.0400. The van der Waals surface area contributed by atoms with Gasteiger partial charge in [0.2, 0.25) is 0 Å². The van der Waals surface area contributed by atoms with Gasteiger partial charge in [-0.3, -0.25) is 0 Å². The van der Waals surface area contributed by atoms with Gasteiger partial charge in [-0.2, -0.15) is 0 Å². The molecule has 2 heterocycles. The van der Waals surface area contributed by atoms with E-state index in [9.17, 15) is 0 Å². The molecule has 53 heavy (non-hydrogen) atoms. The van der Waals surface area contributed by atoms with E-state index in [4.69, 9.17) is 0 Å². The second-order valence-corrected chi connectivity index (χ2v) is 14.9. The standard InChI is InChI=1S/C50H36N2S/c1-33-12-3-4-13-40(33)46-32-39(25-22-34(46)2)51(36-26-23-35(24-27-36)41-17-11-18-45-44-16-7-10-21-49(44)53-50(41)45)37-28-30-38(31-29-37)52-47-19-8-5-14-42(47)43-15-6-9-20-48(43)52/h3-32H,1-2H3. The van der Waals surface area contributed by atoms with Crippen molar-refractivity contribution >= 4 is 70.4 Å². The summed E-state index contributed by atoms with van der Waals surface area (Å²) >= 11 is 1.88. The highest BCUT2D eigenvalue weighted by molar-refractivity contribution is 7.26. The Kier molecular flexibility index (Phi) is 7.48. The maximum absolute atomic E-state index is 2.39. The summed E-state index contributed by atoms with van der Waals surface area (Å²) in [6.07, 6.45) is 0. The first-order valence-electron chi connectivity index (χ1n) is 18.2. The van der Waals surface area contributed by atoms with Crippen LogP contribution in [0.15, 0.2) is 182 Å². The Morgan fingerprint density at radius 2 is 0.962 bits per heavy atom. The Bertz CT molecular complexity index is 2910. The van der Waals surface area contributed by atoms with E-state index in [2.05, 4.69) is 205 Å². The third-order valence-corrected chi connectivity index (χ3v) is 11.9. The van der Waals surface area contributed by atoms with E-state index in [1.54, 1.807) is 0 Å². The molecule has 0 bridgehead atoms. The number of hydrogen-bond acceptors (Lipinski definition) is 2. The first-order chi connectivity index (χ1) is 26.1. The molecule has 0 fully saturated rings. The van der Waals surface area contributed by atoms with Gasteiger partial charge in [0.15, 0.2) is 0 Å². The number of nitrogens with zero attached hydrogens (tertiary/aromatic N) is 2. The number of benzene rings is 8. The molecule has 0 radical (unpaired) electrons. The van der Waals surface area contributed by atoms with Gasteiger partial charge in [0.25, 0.3) is 0 Å². The SMILES string of the molecule is Cc1ccccc1-c1cc(N(c2ccc(-c3cccc4c3sc3ccccc34)cc2)c2ccc(-n3c4ccccc4c4ccccc43)cc2)ccc1C. The fourth-order valence-electron chi connectivity index (χ4n) is 8.08. The first kappa shape index (κ1) is 31.3. The highest BCUT2D eigenvalue weighted by atomic mass is 32.1. The molecule has 0 aliphatic carbocycles. The monoisotopic (exact) mass is 696 g/mol. The minimum absolute atomic E-state index is 1.11. The summed E-state index contributed by atoms with van der Waals surface area (Å²) in [5.74, 6) is 0. The van der Waals surface area contributed by atoms with E-state index in [1.165, 1.54) is 75.4 Å². The second-order valence-electron chi connectivity index (χ2n) is 13.9. The Labute approximate surface area is 313 Å². The van der Waals surface area contributed by atoms with Crippen LogP contribution in [0, 0.1) is 13.8 Å². The van der Waals surface area contributed by atoms with E-state index < -0.39 is 0 Å². The molecule has 0 N–H and O–H groups in total. The van der Waals surface area contributed by atoms with Crippen LogP contribution in [0.25, 0.3) is 69.9 Å². The molecule has 0 amide bonds. The molecule has 10 aromatic rings. The molecule has 0 aliphatic heterocycles. The smallest absolute Gasteiger partial charge is 0.0541 e. The molecule has 0 saturated carbocycles. The van der Waals surface area contributed by atoms with Crippen molar-refractivity contribution in [3.05, 3.63) is 193 Å². The van der Waals surface area contributed by atoms with Crippen LogP contribution in [0.4, 0.5) is 17.1 Å². The Balaban J connectivity index is 1.11. The quantitative estimate of drug-likeness (QED) is 0.168. The minimum Gasteiger partial charge on any atom is -0.310 e. The molecule has 0 spiro atoms. The number of thiophene rings is 1. The summed E-state index contributed by atoms with van der Waals surface area (Å²) in [6.45, 7) is 4.41. The van der Waals surface area contributed by atoms with Gasteiger partial charge in [-0.25, -0.2) is 0 Å². The molecule has 252 valence electrons. The van der Waals surface area contributed by atoms with Crippen molar-refractivity contribution in [2.24, 2.45) is 0 Å². The van der Waals surface area contributed by atoms with Gasteiger partial charge < -0.3 is 9.47 Å². The van der Waals surface area contributed by atoms with Gasteiger partial charge in [-0.1, -0.05) is 115 Å². The molecular weight excluding hydrogens is 661 g/mol. The van der Waals surface area contributed by atoms with Crippen LogP contribution in [-0.2, 0) is 0 Å². The van der Waals surface area contributed by atoms with Crippen molar-refractivity contribution in [2.75, 3.05) is 4.90 Å². The van der Waals surface area contributed by atoms with Crippen molar-refractivity contribution in [1.82, 2.24) is 4.57 Å². The maximum atomic E-state index is 2.39. The predicted octanol–water partition coefficient (Wildman–Crippen LogP) is 14.6. The van der Waals surface area contributed by atoms with Gasteiger partial charge in [0.1, 0.15) is 0 Å². The van der Waals surface area contributed by atoms with E-state index in [0.29, 0.717) is 0 Å². The van der Waals surface area contributed by atoms with E-state index in [1.807, 2.05) is 11.3 Å². The molecule has 0 aliphatic rings. The molecule has 10 rings (SSSR count). The van der Waals surface area contributed by atoms with E-state index >= 15 is 0 Å². The molecule has 2 aromatic heterocycles. The number of aromatic nitrogens is 1.